The summed E-state index contributed by atoms with van der Waals surface area (Å²) in [4.78, 5) is 14.2. The van der Waals surface area contributed by atoms with Gasteiger partial charge in [-0.3, -0.25) is 9.48 Å². The number of rotatable bonds is 8. The number of hydrogen-bond donors (Lipinski definition) is 2. The molecule has 1 heterocycles. The fourth-order valence-corrected chi connectivity index (χ4v) is 1.93. The Morgan fingerprint density at radius 3 is 2.68 bits per heavy atom. The molecule has 0 aliphatic rings. The van der Waals surface area contributed by atoms with Crippen molar-refractivity contribution in [3.63, 3.8) is 0 Å². The van der Waals surface area contributed by atoms with Gasteiger partial charge in [0.2, 0.25) is 0 Å². The lowest BCUT2D eigenvalue weighted by Crippen LogP contribution is -2.35. The quantitative estimate of drug-likeness (QED) is 0.735. The van der Waals surface area contributed by atoms with Crippen LogP contribution in [0.2, 0.25) is 0 Å². The second kappa shape index (κ2) is 7.78. The van der Waals surface area contributed by atoms with E-state index in [2.05, 4.69) is 29.2 Å². The fraction of sp³-hybridized carbons (Fsp3) is 0.692. The summed E-state index contributed by atoms with van der Waals surface area (Å²) in [5, 5.41) is 7.01. The van der Waals surface area contributed by atoms with Crippen molar-refractivity contribution < 1.29 is 4.79 Å². The third-order valence-electron chi connectivity index (χ3n) is 3.03. The molecule has 1 aromatic heterocycles. The van der Waals surface area contributed by atoms with Crippen molar-refractivity contribution in [2.75, 3.05) is 31.9 Å². The second-order valence-corrected chi connectivity index (χ2v) is 4.48. The number of aryl methyl sites for hydroxylation is 1. The van der Waals surface area contributed by atoms with E-state index in [1.54, 1.807) is 10.9 Å². The molecule has 0 atom stereocenters. The highest BCUT2D eigenvalue weighted by Crippen LogP contribution is 2.08. The molecule has 3 N–H and O–H groups in total. The summed E-state index contributed by atoms with van der Waals surface area (Å²) >= 11 is 0. The maximum Gasteiger partial charge on any atom is 0.273 e. The summed E-state index contributed by atoms with van der Waals surface area (Å²) in [7, 11) is 0. The molecule has 0 radical (unpaired) electrons. The first-order chi connectivity index (χ1) is 9.12. The molecule has 0 spiro atoms. The van der Waals surface area contributed by atoms with E-state index < -0.39 is 0 Å². The lowest BCUT2D eigenvalue weighted by atomic mass is 10.3. The normalized spacial score (nSPS) is 10.9. The predicted molar refractivity (Wildman–Crippen MR) is 77.1 cm³/mol. The van der Waals surface area contributed by atoms with E-state index >= 15 is 0 Å². The first kappa shape index (κ1) is 15.5. The number of likely N-dealkylation sites (N-methyl/N-ethyl adjacent to an activating group) is 1. The molecule has 6 heteroatoms. The van der Waals surface area contributed by atoms with Gasteiger partial charge >= 0.3 is 0 Å². The molecule has 108 valence electrons. The number of hydrogen-bond acceptors (Lipinski definition) is 4. The van der Waals surface area contributed by atoms with Gasteiger partial charge in [0.1, 0.15) is 0 Å². The van der Waals surface area contributed by atoms with Gasteiger partial charge in [-0.2, -0.15) is 5.10 Å². The van der Waals surface area contributed by atoms with Crippen LogP contribution in [0, 0.1) is 0 Å². The van der Waals surface area contributed by atoms with Crippen LogP contribution in [0.5, 0.6) is 0 Å². The average molecular weight is 267 g/mol. The number of carbonyl (C=O) groups excluding carboxylic acids is 1. The predicted octanol–water partition coefficient (Wildman–Crippen LogP) is 0.947. The van der Waals surface area contributed by atoms with Crippen molar-refractivity contribution in [1.29, 1.82) is 0 Å². The Labute approximate surface area is 114 Å². The Morgan fingerprint density at radius 2 is 2.16 bits per heavy atom. The SMILES string of the molecule is CCCN(CC)CCNC(=O)c1nn(CC)cc1N. The molecule has 0 fully saturated rings. The topological polar surface area (TPSA) is 76.2 Å². The fourth-order valence-electron chi connectivity index (χ4n) is 1.93. The van der Waals surface area contributed by atoms with Crippen molar-refractivity contribution in [2.45, 2.75) is 33.7 Å². The third-order valence-corrected chi connectivity index (χ3v) is 3.03. The van der Waals surface area contributed by atoms with Gasteiger partial charge in [-0.1, -0.05) is 13.8 Å². The standard InChI is InChI=1S/C13H25N5O/c1-4-8-17(5-2)9-7-15-13(19)12-11(14)10-18(6-3)16-12/h10H,4-9,14H2,1-3H3,(H,15,19). The molecule has 6 nitrogen and oxygen atoms in total. The third kappa shape index (κ3) is 4.55. The van der Waals surface area contributed by atoms with Gasteiger partial charge in [-0.15, -0.1) is 0 Å². The number of aromatic nitrogens is 2. The Bertz CT molecular complexity index is 402. The number of carbonyl (C=O) groups is 1. The second-order valence-electron chi connectivity index (χ2n) is 4.48. The summed E-state index contributed by atoms with van der Waals surface area (Å²) in [5.41, 5.74) is 6.52. The maximum absolute atomic E-state index is 11.9. The number of nitrogens with one attached hydrogen (secondary N) is 1. The van der Waals surface area contributed by atoms with Crippen LogP contribution >= 0.6 is 0 Å². The lowest BCUT2D eigenvalue weighted by molar-refractivity contribution is 0.0943. The van der Waals surface area contributed by atoms with Crippen molar-refractivity contribution in [3.8, 4) is 0 Å². The van der Waals surface area contributed by atoms with Crippen LogP contribution in [0.4, 0.5) is 5.69 Å². The molecular weight excluding hydrogens is 242 g/mol. The van der Waals surface area contributed by atoms with Crippen molar-refractivity contribution in [2.24, 2.45) is 0 Å². The summed E-state index contributed by atoms with van der Waals surface area (Å²) in [6, 6.07) is 0. The van der Waals surface area contributed by atoms with Crippen LogP contribution in [-0.2, 0) is 6.54 Å². The number of anilines is 1. The van der Waals surface area contributed by atoms with Gasteiger partial charge in [0.05, 0.1) is 5.69 Å². The number of nitrogen functional groups attached to an aromatic ring is 1. The highest BCUT2D eigenvalue weighted by atomic mass is 16.2. The first-order valence-corrected chi connectivity index (χ1v) is 6.95. The number of nitrogens with zero attached hydrogens (tertiary/aromatic N) is 3. The van der Waals surface area contributed by atoms with Crippen LogP contribution < -0.4 is 11.1 Å². The van der Waals surface area contributed by atoms with Gasteiger partial charge < -0.3 is 16.0 Å². The van der Waals surface area contributed by atoms with Gasteiger partial charge in [-0.25, -0.2) is 0 Å². The van der Waals surface area contributed by atoms with Crippen LogP contribution in [-0.4, -0.2) is 46.8 Å². The van der Waals surface area contributed by atoms with E-state index in [4.69, 9.17) is 5.73 Å². The minimum atomic E-state index is -0.197. The average Bonchev–Trinajstić information content (AvgIpc) is 2.79. The first-order valence-electron chi connectivity index (χ1n) is 6.95. The maximum atomic E-state index is 11.9. The van der Waals surface area contributed by atoms with Crippen LogP contribution in [0.25, 0.3) is 0 Å². The molecule has 1 rings (SSSR count). The smallest absolute Gasteiger partial charge is 0.273 e. The Balaban J connectivity index is 2.44. The zero-order valence-electron chi connectivity index (χ0n) is 12.1. The Hall–Kier alpha value is -1.56. The summed E-state index contributed by atoms with van der Waals surface area (Å²) < 4.78 is 1.67. The minimum Gasteiger partial charge on any atom is -0.396 e. The van der Waals surface area contributed by atoms with E-state index in [-0.39, 0.29) is 5.91 Å². The van der Waals surface area contributed by atoms with E-state index in [0.717, 1.165) is 26.1 Å². The van der Waals surface area contributed by atoms with Gasteiger partial charge in [0, 0.05) is 25.8 Å². The molecule has 19 heavy (non-hydrogen) atoms. The van der Waals surface area contributed by atoms with E-state index in [9.17, 15) is 4.79 Å². The Kier molecular flexibility index (Phi) is 6.35. The molecule has 0 aromatic carbocycles. The van der Waals surface area contributed by atoms with Crippen molar-refractivity contribution in [3.05, 3.63) is 11.9 Å². The number of amides is 1. The van der Waals surface area contributed by atoms with Crippen LogP contribution in [0.3, 0.4) is 0 Å². The highest BCUT2D eigenvalue weighted by molar-refractivity contribution is 5.96. The van der Waals surface area contributed by atoms with Crippen LogP contribution in [0.15, 0.2) is 6.20 Å². The van der Waals surface area contributed by atoms with Crippen LogP contribution in [0.1, 0.15) is 37.7 Å². The highest BCUT2D eigenvalue weighted by Gasteiger charge is 2.14. The van der Waals surface area contributed by atoms with Gasteiger partial charge in [0.15, 0.2) is 5.69 Å². The molecule has 0 aliphatic carbocycles. The van der Waals surface area contributed by atoms with E-state index in [1.165, 1.54) is 0 Å². The minimum absolute atomic E-state index is 0.197. The van der Waals surface area contributed by atoms with E-state index in [0.29, 0.717) is 24.5 Å². The molecule has 1 aromatic rings. The molecule has 0 saturated heterocycles. The summed E-state index contributed by atoms with van der Waals surface area (Å²) in [5.74, 6) is -0.197. The Morgan fingerprint density at radius 1 is 1.42 bits per heavy atom. The van der Waals surface area contributed by atoms with Crippen molar-refractivity contribution in [1.82, 2.24) is 20.0 Å². The van der Waals surface area contributed by atoms with E-state index in [1.807, 2.05) is 6.92 Å². The molecule has 0 bridgehead atoms. The molecule has 1 amide bonds. The molecule has 0 saturated carbocycles. The van der Waals surface area contributed by atoms with Gasteiger partial charge in [0.25, 0.3) is 5.91 Å². The summed E-state index contributed by atoms with van der Waals surface area (Å²) in [6.45, 7) is 10.5. The zero-order chi connectivity index (χ0) is 14.3. The largest absolute Gasteiger partial charge is 0.396 e. The lowest BCUT2D eigenvalue weighted by Gasteiger charge is -2.19. The molecular formula is C13H25N5O. The van der Waals surface area contributed by atoms with Crippen molar-refractivity contribution >= 4 is 11.6 Å². The number of nitrogens with two attached hydrogens (primary N) is 1. The summed E-state index contributed by atoms with van der Waals surface area (Å²) in [6.07, 6.45) is 2.81. The monoisotopic (exact) mass is 267 g/mol. The zero-order valence-corrected chi connectivity index (χ0v) is 12.1. The molecule has 0 aliphatic heterocycles. The molecule has 0 unspecified atom stereocenters. The van der Waals surface area contributed by atoms with Gasteiger partial charge in [-0.05, 0) is 26.4 Å².